The van der Waals surface area contributed by atoms with E-state index in [0.717, 1.165) is 18.5 Å². The van der Waals surface area contributed by atoms with E-state index in [0.29, 0.717) is 13.0 Å². The van der Waals surface area contributed by atoms with E-state index in [1.807, 2.05) is 35.2 Å². The second-order valence-corrected chi connectivity index (χ2v) is 5.72. The van der Waals surface area contributed by atoms with Crippen LogP contribution >= 0.6 is 0 Å². The molecule has 0 radical (unpaired) electrons. The highest BCUT2D eigenvalue weighted by Crippen LogP contribution is 2.20. The fourth-order valence-electron chi connectivity index (χ4n) is 2.68. The SMILES string of the molecule is O=C(CNC(=O)C1CCCN1Cc1ccccc1)NCC(F)(F)F. The van der Waals surface area contributed by atoms with Crippen molar-refractivity contribution in [2.45, 2.75) is 31.6 Å². The Morgan fingerprint density at radius 1 is 1.17 bits per heavy atom. The minimum Gasteiger partial charge on any atom is -0.346 e. The van der Waals surface area contributed by atoms with E-state index >= 15 is 0 Å². The minimum absolute atomic E-state index is 0.328. The molecule has 1 fully saturated rings. The molecule has 1 aromatic rings. The molecular formula is C16H20F3N3O2. The molecule has 1 heterocycles. The maximum absolute atomic E-state index is 12.2. The first-order valence-corrected chi connectivity index (χ1v) is 7.74. The van der Waals surface area contributed by atoms with Crippen LogP contribution in [0.4, 0.5) is 13.2 Å². The van der Waals surface area contributed by atoms with E-state index in [2.05, 4.69) is 5.32 Å². The predicted octanol–water partition coefficient (Wildman–Crippen LogP) is 1.45. The van der Waals surface area contributed by atoms with Gasteiger partial charge in [0.2, 0.25) is 11.8 Å². The molecule has 1 saturated heterocycles. The van der Waals surface area contributed by atoms with Crippen LogP contribution in [0.15, 0.2) is 30.3 Å². The van der Waals surface area contributed by atoms with Crippen LogP contribution in [-0.4, -0.2) is 48.6 Å². The lowest BCUT2D eigenvalue weighted by Crippen LogP contribution is -2.47. The number of carbonyl (C=O) groups is 2. The third-order valence-electron chi connectivity index (χ3n) is 3.80. The normalized spacial score (nSPS) is 18.4. The number of nitrogens with zero attached hydrogens (tertiary/aromatic N) is 1. The first-order valence-electron chi connectivity index (χ1n) is 7.74. The molecule has 0 aromatic heterocycles. The summed E-state index contributed by atoms with van der Waals surface area (Å²) in [5, 5.41) is 4.14. The van der Waals surface area contributed by atoms with Crippen LogP contribution in [0.3, 0.4) is 0 Å². The van der Waals surface area contributed by atoms with E-state index < -0.39 is 25.2 Å². The number of likely N-dealkylation sites (tertiary alicyclic amines) is 1. The Kier molecular flexibility index (Phi) is 6.19. The van der Waals surface area contributed by atoms with Crippen LogP contribution in [0.25, 0.3) is 0 Å². The molecule has 1 aromatic carbocycles. The molecule has 2 N–H and O–H groups in total. The fourth-order valence-corrected chi connectivity index (χ4v) is 2.68. The zero-order valence-corrected chi connectivity index (χ0v) is 13.1. The molecule has 24 heavy (non-hydrogen) atoms. The zero-order chi connectivity index (χ0) is 17.6. The minimum atomic E-state index is -4.46. The summed E-state index contributed by atoms with van der Waals surface area (Å²) < 4.78 is 36.0. The number of amides is 2. The van der Waals surface area contributed by atoms with Crippen LogP contribution in [0.1, 0.15) is 18.4 Å². The van der Waals surface area contributed by atoms with Crippen molar-refractivity contribution >= 4 is 11.8 Å². The van der Waals surface area contributed by atoms with Crippen LogP contribution in [0.2, 0.25) is 0 Å². The summed E-state index contributed by atoms with van der Waals surface area (Å²) in [7, 11) is 0. The first-order chi connectivity index (χ1) is 11.3. The van der Waals surface area contributed by atoms with Gasteiger partial charge < -0.3 is 10.6 Å². The average molecular weight is 343 g/mol. The van der Waals surface area contributed by atoms with Crippen molar-refractivity contribution in [2.75, 3.05) is 19.6 Å². The molecule has 5 nitrogen and oxygen atoms in total. The number of halogens is 3. The van der Waals surface area contributed by atoms with Gasteiger partial charge in [-0.3, -0.25) is 14.5 Å². The molecule has 2 amide bonds. The molecule has 0 bridgehead atoms. The molecule has 8 heteroatoms. The lowest BCUT2D eigenvalue weighted by molar-refractivity contribution is -0.138. The quantitative estimate of drug-likeness (QED) is 0.822. The summed E-state index contributed by atoms with van der Waals surface area (Å²) >= 11 is 0. The topological polar surface area (TPSA) is 61.4 Å². The van der Waals surface area contributed by atoms with Gasteiger partial charge in [-0.05, 0) is 24.9 Å². The van der Waals surface area contributed by atoms with Gasteiger partial charge in [-0.25, -0.2) is 0 Å². The molecule has 0 saturated carbocycles. The summed E-state index contributed by atoms with van der Waals surface area (Å²) in [6.45, 7) is -0.456. The van der Waals surface area contributed by atoms with Gasteiger partial charge >= 0.3 is 6.18 Å². The fraction of sp³-hybridized carbons (Fsp3) is 0.500. The second-order valence-electron chi connectivity index (χ2n) is 5.72. The number of benzene rings is 1. The Morgan fingerprint density at radius 2 is 1.88 bits per heavy atom. The Bertz CT molecular complexity index is 563. The van der Waals surface area contributed by atoms with Gasteiger partial charge in [0.25, 0.3) is 0 Å². The zero-order valence-electron chi connectivity index (χ0n) is 13.1. The summed E-state index contributed by atoms with van der Waals surface area (Å²) in [5.41, 5.74) is 1.08. The maximum atomic E-state index is 12.2. The van der Waals surface area contributed by atoms with Crippen LogP contribution in [0, 0.1) is 0 Å². The van der Waals surface area contributed by atoms with Crippen LogP contribution in [-0.2, 0) is 16.1 Å². The third-order valence-corrected chi connectivity index (χ3v) is 3.80. The highest BCUT2D eigenvalue weighted by molar-refractivity contribution is 5.87. The van der Waals surface area contributed by atoms with Crippen LogP contribution < -0.4 is 10.6 Å². The second kappa shape index (κ2) is 8.14. The molecular weight excluding hydrogens is 323 g/mol. The molecule has 0 spiro atoms. The van der Waals surface area contributed by atoms with E-state index in [1.165, 1.54) is 0 Å². The Labute approximate surface area is 138 Å². The number of alkyl halides is 3. The molecule has 1 aliphatic rings. The van der Waals surface area contributed by atoms with E-state index in [1.54, 1.807) is 5.32 Å². The molecule has 2 rings (SSSR count). The van der Waals surface area contributed by atoms with Gasteiger partial charge in [-0.15, -0.1) is 0 Å². The van der Waals surface area contributed by atoms with Crippen LogP contribution in [0.5, 0.6) is 0 Å². The molecule has 1 unspecified atom stereocenters. The molecule has 1 aliphatic heterocycles. The molecule has 0 aliphatic carbocycles. The highest BCUT2D eigenvalue weighted by Gasteiger charge is 2.31. The maximum Gasteiger partial charge on any atom is 0.405 e. The number of rotatable bonds is 6. The van der Waals surface area contributed by atoms with Gasteiger partial charge in [0.1, 0.15) is 6.54 Å². The summed E-state index contributed by atoms with van der Waals surface area (Å²) in [6, 6.07) is 9.34. The molecule has 1 atom stereocenters. The predicted molar refractivity (Wildman–Crippen MR) is 81.9 cm³/mol. The summed E-state index contributed by atoms with van der Waals surface area (Å²) in [6.07, 6.45) is -2.92. The Balaban J connectivity index is 1.79. The number of hydrogen-bond acceptors (Lipinski definition) is 3. The number of carbonyl (C=O) groups excluding carboxylic acids is 2. The third kappa shape index (κ3) is 5.84. The van der Waals surface area contributed by atoms with Crippen molar-refractivity contribution in [3.8, 4) is 0 Å². The van der Waals surface area contributed by atoms with Crippen molar-refractivity contribution < 1.29 is 22.8 Å². The first kappa shape index (κ1) is 18.3. The Morgan fingerprint density at radius 3 is 2.54 bits per heavy atom. The smallest absolute Gasteiger partial charge is 0.346 e. The van der Waals surface area contributed by atoms with E-state index in [4.69, 9.17) is 0 Å². The standard InChI is InChI=1S/C16H20F3N3O2/c17-16(18,19)11-21-14(23)9-20-15(24)13-7-4-8-22(13)10-12-5-2-1-3-6-12/h1-3,5-6,13H,4,7-11H2,(H,20,24)(H,21,23). The van der Waals surface area contributed by atoms with Crippen molar-refractivity contribution in [1.29, 1.82) is 0 Å². The van der Waals surface area contributed by atoms with Gasteiger partial charge in [0.15, 0.2) is 0 Å². The van der Waals surface area contributed by atoms with E-state index in [-0.39, 0.29) is 11.9 Å². The lowest BCUT2D eigenvalue weighted by atomic mass is 10.1. The monoisotopic (exact) mass is 343 g/mol. The summed E-state index contributed by atoms with van der Waals surface area (Å²) in [5.74, 6) is -1.18. The van der Waals surface area contributed by atoms with Crippen molar-refractivity contribution in [1.82, 2.24) is 15.5 Å². The van der Waals surface area contributed by atoms with Crippen molar-refractivity contribution in [2.24, 2.45) is 0 Å². The average Bonchev–Trinajstić information content (AvgIpc) is 2.99. The summed E-state index contributed by atoms with van der Waals surface area (Å²) in [4.78, 5) is 25.6. The number of nitrogens with one attached hydrogen (secondary N) is 2. The van der Waals surface area contributed by atoms with Gasteiger partial charge in [-0.2, -0.15) is 13.2 Å². The largest absolute Gasteiger partial charge is 0.405 e. The van der Waals surface area contributed by atoms with Crippen molar-refractivity contribution in [3.63, 3.8) is 0 Å². The van der Waals surface area contributed by atoms with E-state index in [9.17, 15) is 22.8 Å². The van der Waals surface area contributed by atoms with Gasteiger partial charge in [-0.1, -0.05) is 30.3 Å². The lowest BCUT2D eigenvalue weighted by Gasteiger charge is -2.23. The Hall–Kier alpha value is -2.09. The highest BCUT2D eigenvalue weighted by atomic mass is 19.4. The van der Waals surface area contributed by atoms with Crippen molar-refractivity contribution in [3.05, 3.63) is 35.9 Å². The number of hydrogen-bond donors (Lipinski definition) is 2. The van der Waals surface area contributed by atoms with Gasteiger partial charge in [0, 0.05) is 6.54 Å². The van der Waals surface area contributed by atoms with Gasteiger partial charge in [0.05, 0.1) is 12.6 Å². The molecule has 132 valence electrons.